The first-order valence-electron chi connectivity index (χ1n) is 7.65. The third-order valence-corrected chi connectivity index (χ3v) is 4.23. The van der Waals surface area contributed by atoms with E-state index in [0.717, 1.165) is 27.7 Å². The first-order valence-corrected chi connectivity index (χ1v) is 7.65. The lowest BCUT2D eigenvalue weighted by atomic mass is 10.1. The highest BCUT2D eigenvalue weighted by Gasteiger charge is 2.24. The quantitative estimate of drug-likeness (QED) is 0.797. The minimum absolute atomic E-state index is 0.492. The van der Waals surface area contributed by atoms with Crippen molar-refractivity contribution >= 4 is 17.0 Å². The van der Waals surface area contributed by atoms with E-state index >= 15 is 0 Å². The van der Waals surface area contributed by atoms with E-state index in [1.54, 1.807) is 12.4 Å². The van der Waals surface area contributed by atoms with Gasteiger partial charge in [-0.3, -0.25) is 4.98 Å². The number of hydrogen-bond donors (Lipinski definition) is 1. The second-order valence-electron chi connectivity index (χ2n) is 5.73. The van der Waals surface area contributed by atoms with Crippen LogP contribution in [-0.2, 0) is 4.79 Å². The third-order valence-electron chi connectivity index (χ3n) is 4.23. The fourth-order valence-corrected chi connectivity index (χ4v) is 2.84. The van der Waals surface area contributed by atoms with E-state index in [0.29, 0.717) is 12.2 Å². The number of hydrogen-bond acceptors (Lipinski definition) is 3. The summed E-state index contributed by atoms with van der Waals surface area (Å²) in [6.07, 6.45) is 3.88. The molecule has 2 heterocycles. The Bertz CT molecular complexity index is 869. The molecule has 0 aliphatic rings. The predicted molar refractivity (Wildman–Crippen MR) is 89.4 cm³/mol. The number of nitrogens with zero attached hydrogens (tertiary/aromatic N) is 3. The average molecular weight is 309 g/mol. The molecule has 2 aromatic heterocycles. The van der Waals surface area contributed by atoms with Crippen molar-refractivity contribution in [2.24, 2.45) is 0 Å². The lowest BCUT2D eigenvalue weighted by Gasteiger charge is -2.16. The van der Waals surface area contributed by atoms with E-state index in [2.05, 4.69) is 4.98 Å². The van der Waals surface area contributed by atoms with Crippen LogP contribution in [0.1, 0.15) is 30.5 Å². The number of imidazole rings is 1. The molecule has 118 valence electrons. The van der Waals surface area contributed by atoms with Crippen LogP contribution in [0, 0.1) is 13.8 Å². The summed E-state index contributed by atoms with van der Waals surface area (Å²) >= 11 is 0. The first-order chi connectivity index (χ1) is 11.0. The predicted octanol–water partition coefficient (Wildman–Crippen LogP) is 3.75. The number of benzene rings is 1. The van der Waals surface area contributed by atoms with Crippen molar-refractivity contribution in [2.45, 2.75) is 33.2 Å². The molecule has 1 N–H and O–H groups in total. The Balaban J connectivity index is 2.36. The molecular formula is C18H19N3O2. The summed E-state index contributed by atoms with van der Waals surface area (Å²) in [7, 11) is 0. The van der Waals surface area contributed by atoms with E-state index in [9.17, 15) is 9.90 Å². The highest BCUT2D eigenvalue weighted by Crippen LogP contribution is 2.31. The lowest BCUT2D eigenvalue weighted by molar-refractivity contribution is -0.140. The van der Waals surface area contributed by atoms with Crippen molar-refractivity contribution in [1.82, 2.24) is 14.5 Å². The first kappa shape index (κ1) is 15.2. The number of rotatable bonds is 4. The monoisotopic (exact) mass is 309 g/mol. The molecule has 0 bridgehead atoms. The molecule has 1 unspecified atom stereocenters. The molecule has 0 amide bonds. The van der Waals surface area contributed by atoms with Crippen LogP contribution in [0.5, 0.6) is 0 Å². The van der Waals surface area contributed by atoms with Crippen LogP contribution in [0.15, 0.2) is 36.7 Å². The van der Waals surface area contributed by atoms with Gasteiger partial charge in [0, 0.05) is 18.0 Å². The van der Waals surface area contributed by atoms with Gasteiger partial charge in [0.15, 0.2) is 0 Å². The largest absolute Gasteiger partial charge is 0.480 e. The number of fused-ring (bicyclic) bond motifs is 1. The number of carbonyl (C=O) groups is 1. The second-order valence-corrected chi connectivity index (χ2v) is 5.73. The average Bonchev–Trinajstić information content (AvgIpc) is 2.88. The Kier molecular flexibility index (Phi) is 3.86. The number of aliphatic carboxylic acids is 1. The van der Waals surface area contributed by atoms with Crippen LogP contribution in [-0.4, -0.2) is 25.6 Å². The molecule has 5 heteroatoms. The standard InChI is InChI=1S/C18H19N3O2/c1-4-15(18(22)23)21-16-10-12(3)11(2)9-14(16)20-17(21)13-5-7-19-8-6-13/h5-10,15H,4H2,1-3H3,(H,22,23). The van der Waals surface area contributed by atoms with Gasteiger partial charge in [0.05, 0.1) is 11.0 Å². The van der Waals surface area contributed by atoms with E-state index in [1.165, 1.54) is 0 Å². The zero-order valence-corrected chi connectivity index (χ0v) is 13.4. The molecule has 23 heavy (non-hydrogen) atoms. The summed E-state index contributed by atoms with van der Waals surface area (Å²) in [5.74, 6) is -0.179. The summed E-state index contributed by atoms with van der Waals surface area (Å²) < 4.78 is 1.83. The van der Waals surface area contributed by atoms with Crippen molar-refractivity contribution in [3.05, 3.63) is 47.8 Å². The Morgan fingerprint density at radius 3 is 2.48 bits per heavy atom. The smallest absolute Gasteiger partial charge is 0.326 e. The van der Waals surface area contributed by atoms with Crippen molar-refractivity contribution in [3.63, 3.8) is 0 Å². The molecule has 5 nitrogen and oxygen atoms in total. The van der Waals surface area contributed by atoms with Gasteiger partial charge in [-0.1, -0.05) is 6.92 Å². The molecule has 0 radical (unpaired) electrons. The van der Waals surface area contributed by atoms with Gasteiger partial charge >= 0.3 is 5.97 Å². The third kappa shape index (κ3) is 2.59. The van der Waals surface area contributed by atoms with Crippen LogP contribution in [0.4, 0.5) is 0 Å². The topological polar surface area (TPSA) is 68.0 Å². The fourth-order valence-electron chi connectivity index (χ4n) is 2.84. The van der Waals surface area contributed by atoms with Crippen LogP contribution in [0.3, 0.4) is 0 Å². The van der Waals surface area contributed by atoms with Crippen LogP contribution in [0.2, 0.25) is 0 Å². The molecule has 0 saturated carbocycles. The van der Waals surface area contributed by atoms with E-state index < -0.39 is 12.0 Å². The van der Waals surface area contributed by atoms with Gasteiger partial charge in [-0.25, -0.2) is 9.78 Å². The van der Waals surface area contributed by atoms with E-state index in [4.69, 9.17) is 4.98 Å². The number of pyridine rings is 1. The Hall–Kier alpha value is -2.69. The van der Waals surface area contributed by atoms with Crippen molar-refractivity contribution < 1.29 is 9.90 Å². The van der Waals surface area contributed by atoms with Crippen molar-refractivity contribution in [3.8, 4) is 11.4 Å². The Morgan fingerprint density at radius 2 is 1.87 bits per heavy atom. The number of carboxylic acid groups (broad SMARTS) is 1. The number of aromatic nitrogens is 3. The molecule has 3 aromatic rings. The maximum absolute atomic E-state index is 11.7. The maximum Gasteiger partial charge on any atom is 0.326 e. The molecular weight excluding hydrogens is 290 g/mol. The van der Waals surface area contributed by atoms with Crippen LogP contribution < -0.4 is 0 Å². The van der Waals surface area contributed by atoms with Gasteiger partial charge in [-0.05, 0) is 55.7 Å². The van der Waals surface area contributed by atoms with Crippen molar-refractivity contribution in [2.75, 3.05) is 0 Å². The summed E-state index contributed by atoms with van der Waals surface area (Å²) in [5.41, 5.74) is 4.81. The van der Waals surface area contributed by atoms with E-state index in [1.807, 2.05) is 49.6 Å². The molecule has 0 aliphatic carbocycles. The molecule has 0 aliphatic heterocycles. The highest BCUT2D eigenvalue weighted by molar-refractivity contribution is 5.85. The summed E-state index contributed by atoms with van der Waals surface area (Å²) in [6, 6.07) is 7.09. The van der Waals surface area contributed by atoms with Crippen LogP contribution >= 0.6 is 0 Å². The summed E-state index contributed by atoms with van der Waals surface area (Å²) in [4.78, 5) is 20.5. The minimum atomic E-state index is -0.847. The zero-order valence-electron chi connectivity index (χ0n) is 13.4. The molecule has 0 spiro atoms. The van der Waals surface area contributed by atoms with Gasteiger partial charge in [-0.15, -0.1) is 0 Å². The molecule has 3 rings (SSSR count). The van der Waals surface area contributed by atoms with E-state index in [-0.39, 0.29) is 0 Å². The lowest BCUT2D eigenvalue weighted by Crippen LogP contribution is -2.19. The van der Waals surface area contributed by atoms with Crippen molar-refractivity contribution in [1.29, 1.82) is 0 Å². The van der Waals surface area contributed by atoms with Gasteiger partial charge in [0.2, 0.25) is 0 Å². The Labute approximate surface area is 134 Å². The fraction of sp³-hybridized carbons (Fsp3) is 0.278. The summed E-state index contributed by atoms with van der Waals surface area (Å²) in [5, 5.41) is 9.64. The molecule has 1 atom stereocenters. The Morgan fingerprint density at radius 1 is 1.22 bits per heavy atom. The molecule has 1 aromatic carbocycles. The minimum Gasteiger partial charge on any atom is -0.480 e. The van der Waals surface area contributed by atoms with Crippen LogP contribution in [0.25, 0.3) is 22.4 Å². The summed E-state index contributed by atoms with van der Waals surface area (Å²) in [6.45, 7) is 5.94. The van der Waals surface area contributed by atoms with Gasteiger partial charge in [0.25, 0.3) is 0 Å². The zero-order chi connectivity index (χ0) is 16.6. The van der Waals surface area contributed by atoms with Gasteiger partial charge < -0.3 is 9.67 Å². The second kappa shape index (κ2) is 5.83. The molecule has 0 saturated heterocycles. The molecule has 0 fully saturated rings. The maximum atomic E-state index is 11.7. The normalized spacial score (nSPS) is 12.5. The van der Waals surface area contributed by atoms with Gasteiger partial charge in [0.1, 0.15) is 11.9 Å². The van der Waals surface area contributed by atoms with Gasteiger partial charge in [-0.2, -0.15) is 0 Å². The highest BCUT2D eigenvalue weighted by atomic mass is 16.4. The number of aryl methyl sites for hydroxylation is 2. The number of carboxylic acids is 1. The SMILES string of the molecule is CCC(C(=O)O)n1c(-c2ccncc2)nc2cc(C)c(C)cc21.